The van der Waals surface area contributed by atoms with Gasteiger partial charge in [0.25, 0.3) is 5.91 Å². The zero-order valence-corrected chi connectivity index (χ0v) is 18.1. The van der Waals surface area contributed by atoms with Gasteiger partial charge in [-0.1, -0.05) is 30.3 Å². The lowest BCUT2D eigenvalue weighted by Gasteiger charge is -2.18. The van der Waals surface area contributed by atoms with E-state index in [0.29, 0.717) is 11.5 Å². The third-order valence-corrected chi connectivity index (χ3v) is 7.49. The molecule has 3 heterocycles. The number of nitrogens with one attached hydrogen (secondary N) is 1. The van der Waals surface area contributed by atoms with Crippen molar-refractivity contribution in [1.29, 1.82) is 0 Å². The largest absolute Gasteiger partial charge is 0.451 e. The lowest BCUT2D eigenvalue weighted by Crippen LogP contribution is -2.18. The topological polar surface area (TPSA) is 45.5 Å². The van der Waals surface area contributed by atoms with Crippen LogP contribution in [0.2, 0.25) is 0 Å². The number of thiophene rings is 1. The van der Waals surface area contributed by atoms with E-state index in [-0.39, 0.29) is 5.91 Å². The molecule has 0 aliphatic carbocycles. The molecule has 2 aromatic carbocycles. The molecule has 0 atom stereocenters. The van der Waals surface area contributed by atoms with Crippen LogP contribution in [0.5, 0.6) is 0 Å². The highest BCUT2D eigenvalue weighted by Crippen LogP contribution is 2.34. The van der Waals surface area contributed by atoms with Crippen LogP contribution in [0, 0.1) is 0 Å². The molecular formula is C24H22N2O2S2. The van der Waals surface area contributed by atoms with Gasteiger partial charge < -0.3 is 14.6 Å². The zero-order chi connectivity index (χ0) is 20.3. The second-order valence-electron chi connectivity index (χ2n) is 7.33. The number of para-hydroxylation sites is 1. The third kappa shape index (κ3) is 3.98. The van der Waals surface area contributed by atoms with E-state index in [1.54, 1.807) is 23.1 Å². The molecule has 0 spiro atoms. The van der Waals surface area contributed by atoms with Crippen LogP contribution in [-0.2, 0) is 5.75 Å². The minimum Gasteiger partial charge on any atom is -0.451 e. The Bertz CT molecular complexity index is 1160. The summed E-state index contributed by atoms with van der Waals surface area (Å²) in [6, 6.07) is 20.1. The number of hydrogen-bond donors (Lipinski definition) is 1. The van der Waals surface area contributed by atoms with E-state index < -0.39 is 0 Å². The number of nitrogens with zero attached hydrogens (tertiary/aromatic N) is 1. The normalized spacial score (nSPS) is 13.8. The molecule has 5 rings (SSSR count). The minimum atomic E-state index is -0.202. The second-order valence-corrected chi connectivity index (χ2v) is 9.55. The Morgan fingerprint density at radius 2 is 1.93 bits per heavy atom. The number of hydrogen-bond acceptors (Lipinski definition) is 5. The summed E-state index contributed by atoms with van der Waals surface area (Å²) in [4.78, 5) is 15.5. The van der Waals surface area contributed by atoms with Gasteiger partial charge in [0, 0.05) is 41.2 Å². The van der Waals surface area contributed by atoms with Gasteiger partial charge in [-0.25, -0.2) is 0 Å². The van der Waals surface area contributed by atoms with E-state index in [4.69, 9.17) is 4.42 Å². The molecule has 1 N–H and O–H groups in total. The van der Waals surface area contributed by atoms with Crippen LogP contribution in [0.1, 0.15) is 29.0 Å². The van der Waals surface area contributed by atoms with Gasteiger partial charge in [0.1, 0.15) is 5.58 Å². The number of thioether (sulfide) groups is 1. The number of carbonyl (C=O) groups excluding carboxylic acids is 1. The van der Waals surface area contributed by atoms with Crippen molar-refractivity contribution in [3.8, 4) is 0 Å². The lowest BCUT2D eigenvalue weighted by molar-refractivity contribution is 0.0998. The van der Waals surface area contributed by atoms with E-state index in [2.05, 4.69) is 27.7 Å². The van der Waals surface area contributed by atoms with E-state index >= 15 is 0 Å². The molecule has 1 saturated heterocycles. The van der Waals surface area contributed by atoms with Gasteiger partial charge in [-0.05, 0) is 48.6 Å². The van der Waals surface area contributed by atoms with Gasteiger partial charge in [0.05, 0.1) is 4.21 Å². The maximum atomic E-state index is 13.2. The summed E-state index contributed by atoms with van der Waals surface area (Å²) in [6.45, 7) is 2.15. The highest BCUT2D eigenvalue weighted by Gasteiger charge is 2.21. The maximum absolute atomic E-state index is 13.2. The lowest BCUT2D eigenvalue weighted by atomic mass is 10.1. The van der Waals surface area contributed by atoms with Crippen LogP contribution in [-0.4, -0.2) is 19.0 Å². The molecule has 6 heteroatoms. The highest BCUT2D eigenvalue weighted by molar-refractivity contribution is 8.00. The summed E-state index contributed by atoms with van der Waals surface area (Å²) in [5.74, 6) is 0.882. The van der Waals surface area contributed by atoms with Gasteiger partial charge in [0.2, 0.25) is 0 Å². The van der Waals surface area contributed by atoms with Crippen LogP contribution >= 0.6 is 23.1 Å². The second kappa shape index (κ2) is 8.58. The Morgan fingerprint density at radius 1 is 1.07 bits per heavy atom. The molecule has 2 aromatic heterocycles. The number of fused-ring (bicyclic) bond motifs is 1. The monoisotopic (exact) mass is 434 g/mol. The number of amides is 1. The highest BCUT2D eigenvalue weighted by atomic mass is 32.2. The molecule has 0 unspecified atom stereocenters. The van der Waals surface area contributed by atoms with Crippen LogP contribution in [0.25, 0.3) is 11.0 Å². The fraction of sp³-hybridized carbons (Fsp3) is 0.208. The molecule has 1 aliphatic heterocycles. The Balaban J connectivity index is 1.41. The van der Waals surface area contributed by atoms with Crippen molar-refractivity contribution in [2.24, 2.45) is 0 Å². The Morgan fingerprint density at radius 3 is 2.77 bits per heavy atom. The first-order valence-electron chi connectivity index (χ1n) is 10.1. The Hall–Kier alpha value is -2.70. The molecule has 0 bridgehead atoms. The standard InChI is InChI=1S/C24H22N2O2S2/c27-24(25-17-7-5-8-18(15-17)26-12-3-4-13-26)23-20(16-30-22-11-6-14-29-22)19-9-1-2-10-21(19)28-23/h1-2,5-11,14-15H,3-4,12-13,16H2,(H,25,27). The van der Waals surface area contributed by atoms with Crippen molar-refractivity contribution < 1.29 is 9.21 Å². The number of anilines is 2. The molecule has 152 valence electrons. The summed E-state index contributed by atoms with van der Waals surface area (Å²) in [7, 11) is 0. The minimum absolute atomic E-state index is 0.202. The predicted octanol–water partition coefficient (Wildman–Crippen LogP) is 6.64. The SMILES string of the molecule is O=C(Nc1cccc(N2CCCC2)c1)c1oc2ccccc2c1CSc1cccs1. The van der Waals surface area contributed by atoms with Gasteiger partial charge in [-0.3, -0.25) is 4.79 Å². The fourth-order valence-electron chi connectivity index (χ4n) is 3.86. The predicted molar refractivity (Wildman–Crippen MR) is 126 cm³/mol. The van der Waals surface area contributed by atoms with Gasteiger partial charge >= 0.3 is 0 Å². The van der Waals surface area contributed by atoms with Crippen LogP contribution in [0.3, 0.4) is 0 Å². The first-order chi connectivity index (χ1) is 14.8. The molecule has 0 saturated carbocycles. The first kappa shape index (κ1) is 19.3. The molecule has 1 amide bonds. The molecule has 30 heavy (non-hydrogen) atoms. The first-order valence-corrected chi connectivity index (χ1v) is 12.0. The van der Waals surface area contributed by atoms with Crippen LogP contribution in [0.15, 0.2) is 74.7 Å². The van der Waals surface area contributed by atoms with Crippen molar-refractivity contribution in [2.75, 3.05) is 23.3 Å². The number of carbonyl (C=O) groups is 1. The van der Waals surface area contributed by atoms with Gasteiger partial charge in [-0.15, -0.1) is 23.1 Å². The Labute approximate surface area is 183 Å². The summed E-state index contributed by atoms with van der Waals surface area (Å²) in [6.07, 6.45) is 2.45. The summed E-state index contributed by atoms with van der Waals surface area (Å²) >= 11 is 3.44. The Kier molecular flexibility index (Phi) is 5.51. The smallest absolute Gasteiger partial charge is 0.291 e. The van der Waals surface area contributed by atoms with E-state index in [1.165, 1.54) is 17.1 Å². The number of rotatable bonds is 6. The van der Waals surface area contributed by atoms with E-state index in [0.717, 1.165) is 41.0 Å². The van der Waals surface area contributed by atoms with E-state index in [9.17, 15) is 4.79 Å². The maximum Gasteiger partial charge on any atom is 0.291 e. The molecule has 1 fully saturated rings. The summed E-state index contributed by atoms with van der Waals surface area (Å²) in [5.41, 5.74) is 3.64. The van der Waals surface area contributed by atoms with Crippen LogP contribution in [0.4, 0.5) is 11.4 Å². The van der Waals surface area contributed by atoms with Gasteiger partial charge in [0.15, 0.2) is 5.76 Å². The fourth-order valence-corrected chi connectivity index (χ4v) is 5.67. The van der Waals surface area contributed by atoms with Crippen molar-refractivity contribution >= 4 is 51.3 Å². The number of benzene rings is 2. The molecular weight excluding hydrogens is 412 g/mol. The van der Waals surface area contributed by atoms with Crippen molar-refractivity contribution in [2.45, 2.75) is 22.8 Å². The van der Waals surface area contributed by atoms with Crippen molar-refractivity contribution in [3.63, 3.8) is 0 Å². The average Bonchev–Trinajstić information content (AvgIpc) is 3.53. The molecule has 4 nitrogen and oxygen atoms in total. The van der Waals surface area contributed by atoms with E-state index in [1.807, 2.05) is 48.5 Å². The van der Waals surface area contributed by atoms with Crippen molar-refractivity contribution in [3.05, 3.63) is 77.4 Å². The third-order valence-electron chi connectivity index (χ3n) is 5.33. The quantitative estimate of drug-likeness (QED) is 0.346. The number of furan rings is 1. The molecule has 4 aromatic rings. The zero-order valence-electron chi connectivity index (χ0n) is 16.5. The summed E-state index contributed by atoms with van der Waals surface area (Å²) in [5, 5.41) is 6.11. The summed E-state index contributed by atoms with van der Waals surface area (Å²) < 4.78 is 7.23. The van der Waals surface area contributed by atoms with Gasteiger partial charge in [-0.2, -0.15) is 0 Å². The molecule has 1 aliphatic rings. The van der Waals surface area contributed by atoms with Crippen LogP contribution < -0.4 is 10.2 Å². The van der Waals surface area contributed by atoms with Crippen molar-refractivity contribution in [1.82, 2.24) is 0 Å². The molecule has 0 radical (unpaired) electrons. The average molecular weight is 435 g/mol.